The molecule has 0 unspecified atom stereocenters. The molecule has 2 aromatic rings. The number of carbonyl (C=O) groups excluding carboxylic acids is 1. The van der Waals surface area contributed by atoms with E-state index in [0.717, 1.165) is 0 Å². The van der Waals surface area contributed by atoms with E-state index in [2.05, 4.69) is 15.2 Å². The third-order valence-electron chi connectivity index (χ3n) is 2.76. The molecule has 23 heavy (non-hydrogen) atoms. The lowest BCUT2D eigenvalue weighted by Crippen LogP contribution is -2.18. The summed E-state index contributed by atoms with van der Waals surface area (Å²) in [7, 11) is -3.79. The van der Waals surface area contributed by atoms with Crippen LogP contribution in [0.15, 0.2) is 58.5 Å². The van der Waals surface area contributed by atoms with E-state index in [-0.39, 0.29) is 16.6 Å². The summed E-state index contributed by atoms with van der Waals surface area (Å²) < 4.78 is 24.1. The Kier molecular flexibility index (Phi) is 4.97. The number of hydrogen-bond acceptors (Lipinski definition) is 5. The van der Waals surface area contributed by atoms with Gasteiger partial charge in [0, 0.05) is 12.6 Å². The van der Waals surface area contributed by atoms with Gasteiger partial charge in [0.25, 0.3) is 10.0 Å². The molecule has 0 radical (unpaired) electrons. The van der Waals surface area contributed by atoms with Gasteiger partial charge in [-0.1, -0.05) is 0 Å². The van der Waals surface area contributed by atoms with E-state index in [9.17, 15) is 13.2 Å². The molecule has 0 aliphatic carbocycles. The molecule has 0 heterocycles. The molecular formula is C15H15N3O4S. The van der Waals surface area contributed by atoms with Crippen molar-refractivity contribution in [3.05, 3.63) is 54.1 Å². The van der Waals surface area contributed by atoms with Crippen molar-refractivity contribution in [3.63, 3.8) is 0 Å². The summed E-state index contributed by atoms with van der Waals surface area (Å²) in [4.78, 5) is 13.0. The van der Waals surface area contributed by atoms with E-state index < -0.39 is 10.0 Å². The van der Waals surface area contributed by atoms with E-state index in [4.69, 9.17) is 5.11 Å². The molecule has 8 heteroatoms. The van der Waals surface area contributed by atoms with Crippen molar-refractivity contribution < 1.29 is 18.3 Å². The first kappa shape index (κ1) is 16.5. The van der Waals surface area contributed by atoms with Crippen LogP contribution in [-0.2, 0) is 14.8 Å². The number of phenolic OH excluding ortho intramolecular Hbond substituents is 1. The molecule has 0 fully saturated rings. The van der Waals surface area contributed by atoms with Crippen molar-refractivity contribution in [3.8, 4) is 5.75 Å². The van der Waals surface area contributed by atoms with Crippen LogP contribution >= 0.6 is 0 Å². The van der Waals surface area contributed by atoms with Gasteiger partial charge >= 0.3 is 0 Å². The Hall–Kier alpha value is -2.87. The van der Waals surface area contributed by atoms with Crippen molar-refractivity contribution in [1.82, 2.24) is 4.83 Å². The van der Waals surface area contributed by atoms with Gasteiger partial charge in [0.2, 0.25) is 5.91 Å². The molecule has 1 amide bonds. The zero-order chi connectivity index (χ0) is 16.9. The number of carbonyl (C=O) groups is 1. The molecule has 0 spiro atoms. The van der Waals surface area contributed by atoms with E-state index in [1.54, 1.807) is 12.1 Å². The third-order valence-corrected chi connectivity index (χ3v) is 4.00. The minimum Gasteiger partial charge on any atom is -0.508 e. The second kappa shape index (κ2) is 6.93. The summed E-state index contributed by atoms with van der Waals surface area (Å²) in [5.74, 6) is -0.126. The first-order chi connectivity index (χ1) is 10.9. The number of aromatic hydroxyl groups is 1. The van der Waals surface area contributed by atoms with Crippen molar-refractivity contribution in [2.24, 2.45) is 5.10 Å². The number of rotatable bonds is 5. The average molecular weight is 333 g/mol. The van der Waals surface area contributed by atoms with E-state index in [1.807, 2.05) is 0 Å². The van der Waals surface area contributed by atoms with Crippen LogP contribution < -0.4 is 10.1 Å². The fraction of sp³-hybridized carbons (Fsp3) is 0.0667. The van der Waals surface area contributed by atoms with Crippen LogP contribution in [0.4, 0.5) is 5.69 Å². The normalized spacial score (nSPS) is 11.3. The first-order valence-corrected chi connectivity index (χ1v) is 8.07. The number of phenols is 1. The lowest BCUT2D eigenvalue weighted by molar-refractivity contribution is -0.114. The molecule has 0 aromatic heterocycles. The molecule has 2 aromatic carbocycles. The average Bonchev–Trinajstić information content (AvgIpc) is 2.49. The fourth-order valence-electron chi connectivity index (χ4n) is 1.70. The van der Waals surface area contributed by atoms with Gasteiger partial charge in [-0.15, -0.1) is 0 Å². The van der Waals surface area contributed by atoms with Gasteiger partial charge in [-0.3, -0.25) is 4.79 Å². The number of anilines is 1. The largest absolute Gasteiger partial charge is 0.508 e. The topological polar surface area (TPSA) is 108 Å². The highest BCUT2D eigenvalue weighted by atomic mass is 32.2. The second-order valence-corrected chi connectivity index (χ2v) is 6.31. The molecule has 0 bridgehead atoms. The van der Waals surface area contributed by atoms with Crippen molar-refractivity contribution in [1.29, 1.82) is 0 Å². The quantitative estimate of drug-likeness (QED) is 0.571. The minimum atomic E-state index is -3.79. The molecule has 0 aliphatic rings. The summed E-state index contributed by atoms with van der Waals surface area (Å²) in [5, 5.41) is 15.4. The molecule has 0 saturated heterocycles. The fourth-order valence-corrected chi connectivity index (χ4v) is 2.50. The predicted octanol–water partition coefficient (Wildman–Crippen LogP) is 1.66. The molecule has 3 N–H and O–H groups in total. The lowest BCUT2D eigenvalue weighted by atomic mass is 10.2. The van der Waals surface area contributed by atoms with Crippen LogP contribution in [0, 0.1) is 0 Å². The molecule has 2 rings (SSSR count). The van der Waals surface area contributed by atoms with E-state index in [1.165, 1.54) is 49.5 Å². The number of nitrogens with one attached hydrogen (secondary N) is 2. The smallest absolute Gasteiger partial charge is 0.276 e. The Bertz CT molecular complexity index is 813. The van der Waals surface area contributed by atoms with Crippen LogP contribution in [0.3, 0.4) is 0 Å². The minimum absolute atomic E-state index is 0.0226. The van der Waals surface area contributed by atoms with Gasteiger partial charge in [-0.2, -0.15) is 13.5 Å². The summed E-state index contributed by atoms with van der Waals surface area (Å²) in [6.45, 7) is 1.37. The number of sulfonamides is 1. The van der Waals surface area contributed by atoms with Gasteiger partial charge < -0.3 is 10.4 Å². The van der Waals surface area contributed by atoms with Crippen molar-refractivity contribution in [2.45, 2.75) is 11.8 Å². The van der Waals surface area contributed by atoms with E-state index >= 15 is 0 Å². The number of amides is 1. The number of hydrazone groups is 1. The maximum atomic E-state index is 12.1. The molecule has 0 atom stereocenters. The zero-order valence-corrected chi connectivity index (χ0v) is 13.0. The first-order valence-electron chi connectivity index (χ1n) is 6.58. The predicted molar refractivity (Wildman–Crippen MR) is 86.8 cm³/mol. The Morgan fingerprint density at radius 3 is 2.26 bits per heavy atom. The molecule has 7 nitrogen and oxygen atoms in total. The number of nitrogens with zero attached hydrogens (tertiary/aromatic N) is 1. The number of benzene rings is 2. The second-order valence-electron chi connectivity index (χ2n) is 4.65. The summed E-state index contributed by atoms with van der Waals surface area (Å²) >= 11 is 0. The van der Waals surface area contributed by atoms with Crippen LogP contribution in [0.5, 0.6) is 5.75 Å². The van der Waals surface area contributed by atoms with Crippen LogP contribution in [-0.4, -0.2) is 25.6 Å². The van der Waals surface area contributed by atoms with Gasteiger partial charge in [-0.05, 0) is 54.1 Å². The zero-order valence-electron chi connectivity index (χ0n) is 12.2. The standard InChI is InChI=1S/C15H15N3O4S/c1-11(19)17-13-4-8-15(9-5-13)23(21,22)18-16-10-12-2-6-14(20)7-3-12/h2-10,18,20H,1H3,(H,17,19)/b16-10-. The van der Waals surface area contributed by atoms with Gasteiger partial charge in [0.15, 0.2) is 0 Å². The highest BCUT2D eigenvalue weighted by Gasteiger charge is 2.12. The maximum Gasteiger partial charge on any atom is 0.276 e. The highest BCUT2D eigenvalue weighted by molar-refractivity contribution is 7.89. The Labute approximate surface area is 133 Å². The van der Waals surface area contributed by atoms with Crippen LogP contribution in [0.25, 0.3) is 0 Å². The Morgan fingerprint density at radius 2 is 1.70 bits per heavy atom. The molecule has 0 aliphatic heterocycles. The molecule has 120 valence electrons. The van der Waals surface area contributed by atoms with Crippen LogP contribution in [0.1, 0.15) is 12.5 Å². The third kappa shape index (κ3) is 4.82. The summed E-state index contributed by atoms with van der Waals surface area (Å²) in [5.41, 5.74) is 1.13. The molecular weight excluding hydrogens is 318 g/mol. The highest BCUT2D eigenvalue weighted by Crippen LogP contribution is 2.14. The lowest BCUT2D eigenvalue weighted by Gasteiger charge is -2.05. The Balaban J connectivity index is 2.06. The van der Waals surface area contributed by atoms with E-state index in [0.29, 0.717) is 11.3 Å². The summed E-state index contributed by atoms with van der Waals surface area (Å²) in [6, 6.07) is 11.8. The van der Waals surface area contributed by atoms with Crippen molar-refractivity contribution in [2.75, 3.05) is 5.32 Å². The monoisotopic (exact) mass is 333 g/mol. The summed E-state index contributed by atoms with van der Waals surface area (Å²) in [6.07, 6.45) is 1.32. The number of hydrogen-bond donors (Lipinski definition) is 3. The van der Waals surface area contributed by atoms with Gasteiger partial charge in [0.1, 0.15) is 5.75 Å². The van der Waals surface area contributed by atoms with Crippen LogP contribution in [0.2, 0.25) is 0 Å². The SMILES string of the molecule is CC(=O)Nc1ccc(S(=O)(=O)N/N=C\c2ccc(O)cc2)cc1. The molecule has 0 saturated carbocycles. The van der Waals surface area contributed by atoms with Gasteiger partial charge in [-0.25, -0.2) is 4.83 Å². The van der Waals surface area contributed by atoms with Crippen molar-refractivity contribution >= 4 is 27.8 Å². The Morgan fingerprint density at radius 1 is 1.09 bits per heavy atom. The van der Waals surface area contributed by atoms with Gasteiger partial charge in [0.05, 0.1) is 11.1 Å². The maximum absolute atomic E-state index is 12.1.